The molecule has 1 aliphatic rings. The highest BCUT2D eigenvalue weighted by Crippen LogP contribution is 2.09. The molecule has 1 heterocycles. The molecule has 0 amide bonds. The van der Waals surface area contributed by atoms with E-state index in [1.165, 1.54) is 6.08 Å². The Bertz CT molecular complexity index is 155. The summed E-state index contributed by atoms with van der Waals surface area (Å²) in [5, 5.41) is 11.4. The second kappa shape index (κ2) is 3.25. The lowest BCUT2D eigenvalue weighted by molar-refractivity contribution is -0.131. The van der Waals surface area contributed by atoms with Gasteiger partial charge in [0.2, 0.25) is 0 Å². The average Bonchev–Trinajstić information content (AvgIpc) is 1.88. The van der Waals surface area contributed by atoms with Gasteiger partial charge in [0, 0.05) is 18.3 Å². The monoisotopic (exact) mass is 141 g/mol. The quantitative estimate of drug-likeness (QED) is 0.529. The van der Waals surface area contributed by atoms with Crippen LogP contribution < -0.4 is 5.32 Å². The van der Waals surface area contributed by atoms with Gasteiger partial charge >= 0.3 is 5.97 Å². The van der Waals surface area contributed by atoms with Crippen molar-refractivity contribution in [2.75, 3.05) is 6.54 Å². The Morgan fingerprint density at radius 2 is 2.40 bits per heavy atom. The number of hydrogen-bond acceptors (Lipinski definition) is 2. The standard InChI is InChI=1S/C7H11NO2/c9-7(10)5-6-3-1-2-4-8-6/h5,8H,1-4H2,(H,9,10). The summed E-state index contributed by atoms with van der Waals surface area (Å²) in [6, 6.07) is 0. The number of hydrogen-bond donors (Lipinski definition) is 2. The molecule has 0 spiro atoms. The fraction of sp³-hybridized carbons (Fsp3) is 0.571. The van der Waals surface area contributed by atoms with E-state index in [4.69, 9.17) is 5.11 Å². The van der Waals surface area contributed by atoms with E-state index in [-0.39, 0.29) is 0 Å². The van der Waals surface area contributed by atoms with Crippen LogP contribution in [0.15, 0.2) is 11.8 Å². The summed E-state index contributed by atoms with van der Waals surface area (Å²) in [4.78, 5) is 10.2. The second-order valence-corrected chi connectivity index (χ2v) is 2.39. The molecule has 0 bridgehead atoms. The minimum atomic E-state index is -0.857. The van der Waals surface area contributed by atoms with Gasteiger partial charge in [0.25, 0.3) is 0 Å². The van der Waals surface area contributed by atoms with Gasteiger partial charge in [0.05, 0.1) is 0 Å². The predicted molar refractivity (Wildman–Crippen MR) is 37.6 cm³/mol. The molecule has 0 atom stereocenters. The van der Waals surface area contributed by atoms with Crippen molar-refractivity contribution in [2.24, 2.45) is 0 Å². The van der Waals surface area contributed by atoms with E-state index in [0.29, 0.717) is 0 Å². The van der Waals surface area contributed by atoms with Crippen LogP contribution in [0.2, 0.25) is 0 Å². The number of piperidine rings is 1. The summed E-state index contributed by atoms with van der Waals surface area (Å²) in [7, 11) is 0. The van der Waals surface area contributed by atoms with Crippen LogP contribution in [0.3, 0.4) is 0 Å². The number of carbonyl (C=O) groups is 1. The Hall–Kier alpha value is -0.990. The van der Waals surface area contributed by atoms with Crippen molar-refractivity contribution in [1.29, 1.82) is 0 Å². The van der Waals surface area contributed by atoms with Crippen molar-refractivity contribution in [3.05, 3.63) is 11.8 Å². The first-order chi connectivity index (χ1) is 4.79. The van der Waals surface area contributed by atoms with E-state index in [0.717, 1.165) is 31.5 Å². The third-order valence-electron chi connectivity index (χ3n) is 1.52. The molecule has 3 heteroatoms. The molecular weight excluding hydrogens is 130 g/mol. The van der Waals surface area contributed by atoms with Gasteiger partial charge in [0.15, 0.2) is 0 Å². The second-order valence-electron chi connectivity index (χ2n) is 2.39. The topological polar surface area (TPSA) is 49.3 Å². The third kappa shape index (κ3) is 2.09. The maximum absolute atomic E-state index is 10.2. The normalized spacial score (nSPS) is 22.2. The summed E-state index contributed by atoms with van der Waals surface area (Å²) in [5.41, 5.74) is 0.860. The number of allylic oxidation sites excluding steroid dienone is 1. The van der Waals surface area contributed by atoms with Crippen molar-refractivity contribution in [3.63, 3.8) is 0 Å². The maximum Gasteiger partial charge on any atom is 0.330 e. The fourth-order valence-corrected chi connectivity index (χ4v) is 1.05. The number of carboxylic acids is 1. The van der Waals surface area contributed by atoms with Crippen molar-refractivity contribution in [3.8, 4) is 0 Å². The molecular formula is C7H11NO2. The summed E-state index contributed by atoms with van der Waals surface area (Å²) in [6.07, 6.45) is 4.38. The molecule has 0 saturated carbocycles. The van der Waals surface area contributed by atoms with Gasteiger partial charge < -0.3 is 10.4 Å². The van der Waals surface area contributed by atoms with Crippen molar-refractivity contribution < 1.29 is 9.90 Å². The Morgan fingerprint density at radius 1 is 1.60 bits per heavy atom. The van der Waals surface area contributed by atoms with Crippen LogP contribution in [0.4, 0.5) is 0 Å². The van der Waals surface area contributed by atoms with Gasteiger partial charge in [-0.15, -0.1) is 0 Å². The lowest BCUT2D eigenvalue weighted by atomic mass is 10.1. The first kappa shape index (κ1) is 7.12. The van der Waals surface area contributed by atoms with E-state index >= 15 is 0 Å². The van der Waals surface area contributed by atoms with Crippen LogP contribution in [0.5, 0.6) is 0 Å². The van der Waals surface area contributed by atoms with Gasteiger partial charge in [-0.25, -0.2) is 4.79 Å². The molecule has 1 aliphatic heterocycles. The van der Waals surface area contributed by atoms with Crippen molar-refractivity contribution in [2.45, 2.75) is 19.3 Å². The van der Waals surface area contributed by atoms with Crippen LogP contribution in [-0.4, -0.2) is 17.6 Å². The lowest BCUT2D eigenvalue weighted by Crippen LogP contribution is -2.20. The highest BCUT2D eigenvalue weighted by molar-refractivity contribution is 5.80. The molecule has 56 valence electrons. The molecule has 1 rings (SSSR count). The molecule has 10 heavy (non-hydrogen) atoms. The van der Waals surface area contributed by atoms with Gasteiger partial charge in [-0.3, -0.25) is 0 Å². The SMILES string of the molecule is O=C(O)C=C1CCCCN1. The summed E-state index contributed by atoms with van der Waals surface area (Å²) in [5.74, 6) is -0.857. The molecule has 0 aromatic heterocycles. The van der Waals surface area contributed by atoms with Crippen LogP contribution in [0, 0.1) is 0 Å². The molecule has 0 unspecified atom stereocenters. The third-order valence-corrected chi connectivity index (χ3v) is 1.52. The average molecular weight is 141 g/mol. The number of carboxylic acid groups (broad SMARTS) is 1. The molecule has 0 radical (unpaired) electrons. The smallest absolute Gasteiger partial charge is 0.330 e. The zero-order valence-corrected chi connectivity index (χ0v) is 5.76. The molecule has 1 saturated heterocycles. The fourth-order valence-electron chi connectivity index (χ4n) is 1.05. The number of aliphatic carboxylic acids is 1. The van der Waals surface area contributed by atoms with Gasteiger partial charge in [-0.1, -0.05) is 0 Å². The zero-order chi connectivity index (χ0) is 7.40. The summed E-state index contributed by atoms with van der Waals surface area (Å²) in [6.45, 7) is 0.916. The molecule has 1 fully saturated rings. The first-order valence-electron chi connectivity index (χ1n) is 3.46. The molecule has 2 N–H and O–H groups in total. The Kier molecular flexibility index (Phi) is 2.31. The Morgan fingerprint density at radius 3 is 2.90 bits per heavy atom. The van der Waals surface area contributed by atoms with E-state index < -0.39 is 5.97 Å². The van der Waals surface area contributed by atoms with Crippen molar-refractivity contribution in [1.82, 2.24) is 5.32 Å². The van der Waals surface area contributed by atoms with Crippen LogP contribution >= 0.6 is 0 Å². The Labute approximate surface area is 59.7 Å². The zero-order valence-electron chi connectivity index (χ0n) is 5.76. The molecule has 0 aliphatic carbocycles. The van der Waals surface area contributed by atoms with E-state index in [9.17, 15) is 4.79 Å². The summed E-state index contributed by atoms with van der Waals surface area (Å²) >= 11 is 0. The van der Waals surface area contributed by atoms with Crippen LogP contribution in [0.25, 0.3) is 0 Å². The molecule has 0 aromatic rings. The number of nitrogens with one attached hydrogen (secondary N) is 1. The van der Waals surface area contributed by atoms with Gasteiger partial charge in [-0.2, -0.15) is 0 Å². The molecule has 3 nitrogen and oxygen atoms in total. The first-order valence-corrected chi connectivity index (χ1v) is 3.46. The van der Waals surface area contributed by atoms with Gasteiger partial charge in [-0.05, 0) is 19.3 Å². The Balaban J connectivity index is 2.45. The van der Waals surface area contributed by atoms with Crippen molar-refractivity contribution >= 4 is 5.97 Å². The van der Waals surface area contributed by atoms with E-state index in [1.807, 2.05) is 0 Å². The van der Waals surface area contributed by atoms with E-state index in [1.54, 1.807) is 0 Å². The highest BCUT2D eigenvalue weighted by atomic mass is 16.4. The summed E-state index contributed by atoms with van der Waals surface area (Å²) < 4.78 is 0. The molecule has 0 aromatic carbocycles. The predicted octanol–water partition coefficient (Wildman–Crippen LogP) is 0.728. The minimum Gasteiger partial charge on any atom is -0.478 e. The largest absolute Gasteiger partial charge is 0.478 e. The number of rotatable bonds is 1. The minimum absolute atomic E-state index is 0.857. The lowest BCUT2D eigenvalue weighted by Gasteiger charge is -2.15. The maximum atomic E-state index is 10.2. The van der Waals surface area contributed by atoms with Gasteiger partial charge in [0.1, 0.15) is 0 Å². The van der Waals surface area contributed by atoms with Crippen LogP contribution in [-0.2, 0) is 4.79 Å². The highest BCUT2D eigenvalue weighted by Gasteiger charge is 2.04. The van der Waals surface area contributed by atoms with Crippen LogP contribution in [0.1, 0.15) is 19.3 Å². The van der Waals surface area contributed by atoms with E-state index in [2.05, 4.69) is 5.32 Å².